The van der Waals surface area contributed by atoms with Crippen LogP contribution in [0.4, 0.5) is 14.5 Å². The van der Waals surface area contributed by atoms with E-state index in [9.17, 15) is 8.78 Å². The topological polar surface area (TPSA) is 12.0 Å². The van der Waals surface area contributed by atoms with Gasteiger partial charge >= 0.3 is 0 Å². The van der Waals surface area contributed by atoms with Crippen molar-refractivity contribution in [1.29, 1.82) is 0 Å². The van der Waals surface area contributed by atoms with Gasteiger partial charge in [-0.15, -0.1) is 6.58 Å². The fourth-order valence-corrected chi connectivity index (χ4v) is 0.919. The van der Waals surface area contributed by atoms with E-state index in [2.05, 4.69) is 11.9 Å². The number of hydrogen-bond acceptors (Lipinski definition) is 1. The Morgan fingerprint density at radius 2 is 2.15 bits per heavy atom. The second-order valence-corrected chi connectivity index (χ2v) is 2.77. The van der Waals surface area contributed by atoms with Gasteiger partial charge in [-0.3, -0.25) is 0 Å². The van der Waals surface area contributed by atoms with Crippen LogP contribution < -0.4 is 5.32 Å². The van der Waals surface area contributed by atoms with Crippen molar-refractivity contribution in [2.24, 2.45) is 0 Å². The molecular weight excluding hydrogens is 172 g/mol. The first-order valence-corrected chi connectivity index (χ1v) is 3.98. The van der Waals surface area contributed by atoms with Crippen LogP contribution in [-0.2, 0) is 0 Å². The zero-order chi connectivity index (χ0) is 9.84. The van der Waals surface area contributed by atoms with Gasteiger partial charge in [-0.2, -0.15) is 0 Å². The van der Waals surface area contributed by atoms with E-state index in [1.807, 2.05) is 0 Å². The molecule has 0 aliphatic rings. The quantitative estimate of drug-likeness (QED) is 0.710. The monoisotopic (exact) mass is 183 g/mol. The summed E-state index contributed by atoms with van der Waals surface area (Å²) in [6.45, 7) is 5.33. The molecule has 70 valence electrons. The molecule has 1 unspecified atom stereocenters. The first-order chi connectivity index (χ1) is 6.15. The molecule has 0 radical (unpaired) electrons. The molecule has 0 spiro atoms. The molecule has 1 nitrogen and oxygen atoms in total. The summed E-state index contributed by atoms with van der Waals surface area (Å²) in [6.07, 6.45) is 1.62. The van der Waals surface area contributed by atoms with Gasteiger partial charge in [0.05, 0.1) is 5.69 Å². The summed E-state index contributed by atoms with van der Waals surface area (Å²) in [5, 5.41) is 2.77. The zero-order valence-electron chi connectivity index (χ0n) is 7.35. The van der Waals surface area contributed by atoms with Crippen LogP contribution in [0.1, 0.15) is 6.92 Å². The molecule has 0 amide bonds. The zero-order valence-corrected chi connectivity index (χ0v) is 7.35. The Balaban J connectivity index is 2.88. The minimum atomic E-state index is -0.851. The second-order valence-electron chi connectivity index (χ2n) is 2.77. The molecule has 0 fully saturated rings. The van der Waals surface area contributed by atoms with Crippen molar-refractivity contribution in [1.82, 2.24) is 0 Å². The smallest absolute Gasteiger partial charge is 0.181 e. The first kappa shape index (κ1) is 9.71. The fourth-order valence-electron chi connectivity index (χ4n) is 0.919. The Morgan fingerprint density at radius 3 is 2.77 bits per heavy atom. The Hall–Kier alpha value is -1.38. The van der Waals surface area contributed by atoms with E-state index in [4.69, 9.17) is 0 Å². The fraction of sp³-hybridized carbons (Fsp3) is 0.200. The highest BCUT2D eigenvalue weighted by Gasteiger charge is 2.07. The van der Waals surface area contributed by atoms with Crippen molar-refractivity contribution in [3.05, 3.63) is 42.5 Å². The third-order valence-corrected chi connectivity index (χ3v) is 1.69. The molecule has 1 atom stereocenters. The molecule has 0 saturated heterocycles. The van der Waals surface area contributed by atoms with Gasteiger partial charge in [0.1, 0.15) is 0 Å². The Labute approximate surface area is 76.1 Å². The predicted molar refractivity (Wildman–Crippen MR) is 49.6 cm³/mol. The molecule has 0 aliphatic heterocycles. The maximum Gasteiger partial charge on any atom is 0.181 e. The van der Waals surface area contributed by atoms with E-state index < -0.39 is 11.6 Å². The third-order valence-electron chi connectivity index (χ3n) is 1.69. The van der Waals surface area contributed by atoms with Crippen LogP contribution in [0.5, 0.6) is 0 Å². The largest absolute Gasteiger partial charge is 0.377 e. The van der Waals surface area contributed by atoms with Gasteiger partial charge < -0.3 is 5.32 Å². The van der Waals surface area contributed by atoms with Gasteiger partial charge in [0.15, 0.2) is 11.6 Å². The lowest BCUT2D eigenvalue weighted by Gasteiger charge is -2.11. The highest BCUT2D eigenvalue weighted by atomic mass is 19.2. The van der Waals surface area contributed by atoms with Gasteiger partial charge in [-0.25, -0.2) is 8.78 Å². The van der Waals surface area contributed by atoms with Crippen molar-refractivity contribution in [3.63, 3.8) is 0 Å². The molecule has 3 heteroatoms. The van der Waals surface area contributed by atoms with Gasteiger partial charge in [0, 0.05) is 6.04 Å². The summed E-state index contributed by atoms with van der Waals surface area (Å²) in [6, 6.07) is 3.94. The number of anilines is 1. The molecule has 1 aromatic carbocycles. The lowest BCUT2D eigenvalue weighted by Crippen LogP contribution is -2.12. The summed E-state index contributed by atoms with van der Waals surface area (Å²) < 4.78 is 25.7. The average molecular weight is 183 g/mol. The van der Waals surface area contributed by atoms with Crippen LogP contribution in [0, 0.1) is 11.6 Å². The van der Waals surface area contributed by atoms with E-state index in [1.54, 1.807) is 13.0 Å². The molecule has 0 bridgehead atoms. The molecule has 1 aromatic rings. The molecule has 0 heterocycles. The normalized spacial score (nSPS) is 12.2. The van der Waals surface area contributed by atoms with Gasteiger partial charge in [0.2, 0.25) is 0 Å². The standard InChI is InChI=1S/C10H11F2N/c1-3-7(2)13-9-6-4-5-8(11)10(9)12/h3-7,13H,1H2,2H3. The minimum Gasteiger partial charge on any atom is -0.377 e. The Bertz CT molecular complexity index is 310. The minimum absolute atomic E-state index is 0.0868. The lowest BCUT2D eigenvalue weighted by atomic mass is 10.2. The molecule has 0 saturated carbocycles. The number of benzene rings is 1. The van der Waals surface area contributed by atoms with Crippen LogP contribution in [-0.4, -0.2) is 6.04 Å². The van der Waals surface area contributed by atoms with Gasteiger partial charge in [-0.05, 0) is 19.1 Å². The molecule has 0 aliphatic carbocycles. The van der Waals surface area contributed by atoms with Crippen LogP contribution in [0.2, 0.25) is 0 Å². The van der Waals surface area contributed by atoms with Crippen LogP contribution in [0.15, 0.2) is 30.9 Å². The summed E-state index contributed by atoms with van der Waals surface area (Å²) in [5.41, 5.74) is 0.160. The van der Waals surface area contributed by atoms with Crippen molar-refractivity contribution in [2.75, 3.05) is 5.32 Å². The van der Waals surface area contributed by atoms with E-state index in [-0.39, 0.29) is 11.7 Å². The van der Waals surface area contributed by atoms with Crippen molar-refractivity contribution >= 4 is 5.69 Å². The maximum atomic E-state index is 13.0. The van der Waals surface area contributed by atoms with E-state index >= 15 is 0 Å². The highest BCUT2D eigenvalue weighted by molar-refractivity contribution is 5.46. The maximum absolute atomic E-state index is 13.0. The van der Waals surface area contributed by atoms with Crippen LogP contribution >= 0.6 is 0 Å². The van der Waals surface area contributed by atoms with Crippen LogP contribution in [0.3, 0.4) is 0 Å². The second kappa shape index (κ2) is 4.03. The van der Waals surface area contributed by atoms with E-state index in [0.29, 0.717) is 0 Å². The van der Waals surface area contributed by atoms with Crippen LogP contribution in [0.25, 0.3) is 0 Å². The summed E-state index contributed by atoms with van der Waals surface area (Å²) in [4.78, 5) is 0. The summed E-state index contributed by atoms with van der Waals surface area (Å²) in [5.74, 6) is -1.70. The number of rotatable bonds is 3. The number of hydrogen-bond donors (Lipinski definition) is 1. The molecule has 13 heavy (non-hydrogen) atoms. The lowest BCUT2D eigenvalue weighted by molar-refractivity contribution is 0.510. The van der Waals surface area contributed by atoms with Gasteiger partial charge in [0.25, 0.3) is 0 Å². The SMILES string of the molecule is C=CC(C)Nc1cccc(F)c1F. The first-order valence-electron chi connectivity index (χ1n) is 3.98. The third kappa shape index (κ3) is 2.28. The van der Waals surface area contributed by atoms with E-state index in [0.717, 1.165) is 6.07 Å². The average Bonchev–Trinajstić information content (AvgIpc) is 2.13. The highest BCUT2D eigenvalue weighted by Crippen LogP contribution is 2.17. The summed E-state index contributed by atoms with van der Waals surface area (Å²) in [7, 11) is 0. The van der Waals surface area contributed by atoms with Gasteiger partial charge in [-0.1, -0.05) is 12.1 Å². The molecular formula is C10H11F2N. The molecule has 1 rings (SSSR count). The predicted octanol–water partition coefficient (Wildman–Crippen LogP) is 2.95. The molecule has 1 N–H and O–H groups in total. The number of halogens is 2. The number of nitrogens with one attached hydrogen (secondary N) is 1. The summed E-state index contributed by atoms with van der Waals surface area (Å²) >= 11 is 0. The Morgan fingerprint density at radius 1 is 1.46 bits per heavy atom. The van der Waals surface area contributed by atoms with Crippen molar-refractivity contribution in [2.45, 2.75) is 13.0 Å². The van der Waals surface area contributed by atoms with Crippen molar-refractivity contribution < 1.29 is 8.78 Å². The van der Waals surface area contributed by atoms with E-state index in [1.165, 1.54) is 12.1 Å². The Kier molecular flexibility index (Phi) is 3.01. The van der Waals surface area contributed by atoms with Crippen molar-refractivity contribution in [3.8, 4) is 0 Å². The molecule has 0 aromatic heterocycles.